The monoisotopic (exact) mass is 465 g/mol. The van der Waals surface area contributed by atoms with Gasteiger partial charge in [-0.05, 0) is 54.3 Å². The van der Waals surface area contributed by atoms with Crippen LogP contribution in [-0.4, -0.2) is 74.4 Å². The lowest BCUT2D eigenvalue weighted by molar-refractivity contribution is 0.0322. The number of ether oxygens (including phenoxy) is 1. The van der Waals surface area contributed by atoms with Crippen molar-refractivity contribution >= 4 is 10.9 Å². The smallest absolute Gasteiger partial charge is 0.252 e. The summed E-state index contributed by atoms with van der Waals surface area (Å²) in [6.45, 7) is 10.5. The molecule has 0 unspecified atom stereocenters. The maximum Gasteiger partial charge on any atom is 0.252 e. The van der Waals surface area contributed by atoms with Gasteiger partial charge in [-0.2, -0.15) is 0 Å². The van der Waals surface area contributed by atoms with E-state index in [4.69, 9.17) is 4.74 Å². The van der Waals surface area contributed by atoms with E-state index in [1.165, 1.54) is 18.4 Å². The number of morpholine rings is 1. The Bertz CT molecular complexity index is 1180. The van der Waals surface area contributed by atoms with Gasteiger partial charge in [-0.25, -0.2) is 4.68 Å². The van der Waals surface area contributed by atoms with Gasteiger partial charge in [-0.1, -0.05) is 25.0 Å². The minimum absolute atomic E-state index is 0.0204. The summed E-state index contributed by atoms with van der Waals surface area (Å²) in [5.41, 5.74) is 3.95. The van der Waals surface area contributed by atoms with Gasteiger partial charge in [0.2, 0.25) is 0 Å². The average Bonchev–Trinajstić information content (AvgIpc) is 3.53. The van der Waals surface area contributed by atoms with Crippen molar-refractivity contribution in [2.75, 3.05) is 39.4 Å². The Kier molecular flexibility index (Phi) is 7.03. The van der Waals surface area contributed by atoms with Gasteiger partial charge in [0.05, 0.1) is 31.3 Å². The van der Waals surface area contributed by atoms with Crippen LogP contribution in [0.15, 0.2) is 23.0 Å². The molecule has 1 saturated heterocycles. The second kappa shape index (κ2) is 10.3. The van der Waals surface area contributed by atoms with Crippen molar-refractivity contribution in [3.63, 3.8) is 0 Å². The number of hydrogen-bond donors (Lipinski definition) is 1. The molecular formula is C25H35N7O2. The van der Waals surface area contributed by atoms with Crippen molar-refractivity contribution in [3.05, 3.63) is 51.1 Å². The number of hydrogen-bond acceptors (Lipinski definition) is 7. The lowest BCUT2D eigenvalue weighted by Crippen LogP contribution is -2.41. The molecule has 1 aliphatic heterocycles. The van der Waals surface area contributed by atoms with E-state index in [1.807, 2.05) is 11.6 Å². The molecule has 1 saturated carbocycles. The molecule has 3 aromatic rings. The minimum Gasteiger partial charge on any atom is -0.379 e. The lowest BCUT2D eigenvalue weighted by Gasteiger charge is -2.30. The molecule has 0 spiro atoms. The van der Waals surface area contributed by atoms with Crippen LogP contribution in [-0.2, 0) is 17.8 Å². The van der Waals surface area contributed by atoms with Gasteiger partial charge in [-0.3, -0.25) is 14.6 Å². The number of nitrogens with zero attached hydrogens (tertiary/aromatic N) is 6. The number of aryl methyl sites for hydroxylation is 2. The van der Waals surface area contributed by atoms with Gasteiger partial charge in [-0.15, -0.1) is 5.10 Å². The van der Waals surface area contributed by atoms with E-state index < -0.39 is 0 Å². The van der Waals surface area contributed by atoms with Crippen LogP contribution in [0.1, 0.15) is 54.2 Å². The van der Waals surface area contributed by atoms with Gasteiger partial charge < -0.3 is 9.72 Å². The maximum atomic E-state index is 13.1. The second-order valence-corrected chi connectivity index (χ2v) is 9.75. The van der Waals surface area contributed by atoms with Crippen LogP contribution in [0.4, 0.5) is 0 Å². The molecule has 0 bridgehead atoms. The molecule has 2 fully saturated rings. The summed E-state index contributed by atoms with van der Waals surface area (Å²) in [5.74, 6) is 0.887. The van der Waals surface area contributed by atoms with Crippen molar-refractivity contribution in [2.45, 2.75) is 58.7 Å². The number of rotatable bonds is 8. The third kappa shape index (κ3) is 5.06. The number of fused-ring (bicyclic) bond motifs is 1. The van der Waals surface area contributed by atoms with E-state index in [0.717, 1.165) is 80.1 Å². The molecule has 9 heteroatoms. The summed E-state index contributed by atoms with van der Waals surface area (Å²) in [6.07, 6.45) is 4.73. The molecule has 1 aliphatic carbocycles. The van der Waals surface area contributed by atoms with E-state index in [0.29, 0.717) is 19.1 Å². The molecule has 3 heterocycles. The largest absolute Gasteiger partial charge is 0.379 e. The maximum absolute atomic E-state index is 13.1. The first-order valence-electron chi connectivity index (χ1n) is 12.5. The summed E-state index contributed by atoms with van der Waals surface area (Å²) in [4.78, 5) is 20.9. The van der Waals surface area contributed by atoms with Gasteiger partial charge in [0.1, 0.15) is 0 Å². The van der Waals surface area contributed by atoms with E-state index >= 15 is 0 Å². The number of H-pyrrole nitrogens is 1. The second-order valence-electron chi connectivity index (χ2n) is 9.75. The molecule has 5 rings (SSSR count). The topological polar surface area (TPSA) is 92.2 Å². The Morgan fingerprint density at radius 2 is 1.88 bits per heavy atom. The van der Waals surface area contributed by atoms with Crippen LogP contribution in [0.3, 0.4) is 0 Å². The fourth-order valence-corrected chi connectivity index (χ4v) is 5.25. The van der Waals surface area contributed by atoms with Gasteiger partial charge in [0.15, 0.2) is 5.82 Å². The van der Waals surface area contributed by atoms with Crippen molar-refractivity contribution in [2.24, 2.45) is 0 Å². The zero-order valence-corrected chi connectivity index (χ0v) is 20.3. The number of aromatic amines is 1. The highest BCUT2D eigenvalue weighted by Gasteiger charge is 2.23. The highest BCUT2D eigenvalue weighted by molar-refractivity contribution is 5.85. The fourth-order valence-electron chi connectivity index (χ4n) is 5.25. The van der Waals surface area contributed by atoms with Crippen LogP contribution in [0.5, 0.6) is 0 Å². The van der Waals surface area contributed by atoms with Crippen LogP contribution in [0.25, 0.3) is 10.9 Å². The predicted octanol–water partition coefficient (Wildman–Crippen LogP) is 2.58. The van der Waals surface area contributed by atoms with Crippen LogP contribution in [0, 0.1) is 13.8 Å². The van der Waals surface area contributed by atoms with Crippen molar-refractivity contribution in [3.8, 4) is 0 Å². The molecule has 0 atom stereocenters. The quantitative estimate of drug-likeness (QED) is 0.547. The van der Waals surface area contributed by atoms with E-state index in [1.54, 1.807) is 0 Å². The summed E-state index contributed by atoms with van der Waals surface area (Å²) in [5, 5.41) is 13.8. The number of aromatic nitrogens is 5. The first kappa shape index (κ1) is 23.1. The highest BCUT2D eigenvalue weighted by Crippen LogP contribution is 2.29. The number of pyridine rings is 1. The van der Waals surface area contributed by atoms with Gasteiger partial charge in [0, 0.05) is 43.7 Å². The van der Waals surface area contributed by atoms with Crippen LogP contribution < -0.4 is 5.56 Å². The molecule has 9 nitrogen and oxygen atoms in total. The number of tetrazole rings is 1. The average molecular weight is 466 g/mol. The standard InChI is InChI=1S/C25H35N7O2/c1-18-7-8-19(2)24-22(18)15-20(25(33)26-24)16-31(10-9-30-11-13-34-14-12-30)17-23-27-28-29-32(23)21-5-3-4-6-21/h7-8,15,21H,3-6,9-14,16-17H2,1-2H3,(H,26,33). The van der Waals surface area contributed by atoms with E-state index in [-0.39, 0.29) is 5.56 Å². The summed E-state index contributed by atoms with van der Waals surface area (Å²) in [7, 11) is 0. The van der Waals surface area contributed by atoms with Crippen LogP contribution >= 0.6 is 0 Å². The zero-order valence-electron chi connectivity index (χ0n) is 20.3. The van der Waals surface area contributed by atoms with Gasteiger partial charge in [0.25, 0.3) is 5.56 Å². The Morgan fingerprint density at radius 3 is 2.68 bits per heavy atom. The minimum atomic E-state index is -0.0204. The zero-order chi connectivity index (χ0) is 23.5. The van der Waals surface area contributed by atoms with E-state index in [2.05, 4.69) is 55.4 Å². The predicted molar refractivity (Wildman–Crippen MR) is 131 cm³/mol. The Labute approximate surface area is 200 Å². The Morgan fingerprint density at radius 1 is 1.12 bits per heavy atom. The first-order valence-corrected chi connectivity index (χ1v) is 12.5. The molecular weight excluding hydrogens is 430 g/mol. The van der Waals surface area contributed by atoms with E-state index in [9.17, 15) is 4.79 Å². The lowest BCUT2D eigenvalue weighted by atomic mass is 10.0. The molecule has 34 heavy (non-hydrogen) atoms. The Hall–Kier alpha value is -2.62. The van der Waals surface area contributed by atoms with Gasteiger partial charge >= 0.3 is 0 Å². The normalized spacial score (nSPS) is 17.9. The molecule has 2 aliphatic rings. The number of benzene rings is 1. The molecule has 2 aromatic heterocycles. The van der Waals surface area contributed by atoms with Crippen molar-refractivity contribution < 1.29 is 4.74 Å². The molecule has 0 radical (unpaired) electrons. The van der Waals surface area contributed by atoms with Crippen LogP contribution in [0.2, 0.25) is 0 Å². The molecule has 0 amide bonds. The van der Waals surface area contributed by atoms with Crippen molar-refractivity contribution in [1.82, 2.24) is 35.0 Å². The molecule has 182 valence electrons. The third-order valence-corrected chi connectivity index (χ3v) is 7.35. The SMILES string of the molecule is Cc1ccc(C)c2[nH]c(=O)c(CN(CCN3CCOCC3)Cc3nnnn3C3CCCC3)cc12. The fraction of sp³-hybridized carbons (Fsp3) is 0.600. The first-order chi connectivity index (χ1) is 16.6. The summed E-state index contributed by atoms with van der Waals surface area (Å²) < 4.78 is 7.53. The van der Waals surface area contributed by atoms with Crippen molar-refractivity contribution in [1.29, 1.82) is 0 Å². The molecule has 1 N–H and O–H groups in total. The highest BCUT2D eigenvalue weighted by atomic mass is 16.5. The Balaban J connectivity index is 1.40. The molecule has 1 aromatic carbocycles. The third-order valence-electron chi connectivity index (χ3n) is 7.35. The summed E-state index contributed by atoms with van der Waals surface area (Å²) in [6, 6.07) is 6.63. The summed E-state index contributed by atoms with van der Waals surface area (Å²) >= 11 is 0. The number of nitrogens with one attached hydrogen (secondary N) is 1.